The van der Waals surface area contributed by atoms with Crippen LogP contribution in [0.2, 0.25) is 0 Å². The van der Waals surface area contributed by atoms with Crippen LogP contribution in [-0.2, 0) is 23.2 Å². The van der Waals surface area contributed by atoms with Crippen molar-refractivity contribution in [3.63, 3.8) is 0 Å². The van der Waals surface area contributed by atoms with Crippen LogP contribution in [0.3, 0.4) is 0 Å². The van der Waals surface area contributed by atoms with E-state index in [1.54, 1.807) is 12.1 Å². The number of nitrogens with one attached hydrogen (secondary N) is 1. The van der Waals surface area contributed by atoms with Crippen molar-refractivity contribution in [3.05, 3.63) is 53.4 Å². The number of carbonyl (C=O) groups is 1. The summed E-state index contributed by atoms with van der Waals surface area (Å²) in [5, 5.41) is 3.24. The highest BCUT2D eigenvalue weighted by atomic mass is 19.1. The Balaban J connectivity index is 1.50. The highest BCUT2D eigenvalue weighted by Gasteiger charge is 2.46. The molecule has 24 heavy (non-hydrogen) atoms. The summed E-state index contributed by atoms with van der Waals surface area (Å²) in [5.41, 5.74) is 1.49. The van der Waals surface area contributed by atoms with E-state index in [1.165, 1.54) is 12.1 Å². The molecule has 1 atom stereocenters. The molecule has 0 unspecified atom stereocenters. The second kappa shape index (κ2) is 5.72. The van der Waals surface area contributed by atoms with Crippen LogP contribution in [-0.4, -0.2) is 21.5 Å². The maximum atomic E-state index is 13.2. The van der Waals surface area contributed by atoms with Gasteiger partial charge in [0.15, 0.2) is 0 Å². The van der Waals surface area contributed by atoms with Gasteiger partial charge in [0.05, 0.1) is 11.1 Å². The zero-order valence-electron chi connectivity index (χ0n) is 13.9. The number of rotatable bonds is 3. The summed E-state index contributed by atoms with van der Waals surface area (Å²) in [6.45, 7) is 2.78. The summed E-state index contributed by atoms with van der Waals surface area (Å²) in [4.78, 5) is 17.5. The maximum absolute atomic E-state index is 13.2. The van der Waals surface area contributed by atoms with Gasteiger partial charge in [-0.15, -0.1) is 0 Å². The van der Waals surface area contributed by atoms with Gasteiger partial charge in [-0.05, 0) is 43.9 Å². The molecular weight excluding hydrogens is 305 g/mol. The molecule has 0 spiro atoms. The molecule has 1 aliphatic heterocycles. The molecule has 0 bridgehead atoms. The molecule has 1 aromatic carbocycles. The van der Waals surface area contributed by atoms with Gasteiger partial charge < -0.3 is 9.88 Å². The van der Waals surface area contributed by atoms with Crippen LogP contribution in [0.15, 0.2) is 30.5 Å². The summed E-state index contributed by atoms with van der Waals surface area (Å²) >= 11 is 0. The van der Waals surface area contributed by atoms with Gasteiger partial charge in [0.25, 0.3) is 0 Å². The van der Waals surface area contributed by atoms with Gasteiger partial charge in [0, 0.05) is 25.2 Å². The highest BCUT2D eigenvalue weighted by molar-refractivity contribution is 5.89. The number of hydrogen-bond donors (Lipinski definition) is 1. The molecule has 1 amide bonds. The lowest BCUT2D eigenvalue weighted by Gasteiger charge is -2.42. The van der Waals surface area contributed by atoms with E-state index >= 15 is 0 Å². The molecule has 1 N–H and O–H groups in total. The molecule has 1 aliphatic carbocycles. The molecule has 2 aromatic rings. The molecule has 126 valence electrons. The first-order valence-electron chi connectivity index (χ1n) is 8.66. The quantitative estimate of drug-likeness (QED) is 0.942. The second-order valence-corrected chi connectivity index (χ2v) is 7.10. The fourth-order valence-corrected chi connectivity index (χ4v) is 3.97. The lowest BCUT2D eigenvalue weighted by Crippen LogP contribution is -2.53. The summed E-state index contributed by atoms with van der Waals surface area (Å²) < 4.78 is 15.4. The van der Waals surface area contributed by atoms with Crippen molar-refractivity contribution in [1.82, 2.24) is 14.9 Å². The van der Waals surface area contributed by atoms with E-state index in [1.807, 2.05) is 13.1 Å². The van der Waals surface area contributed by atoms with Crippen molar-refractivity contribution in [3.8, 4) is 0 Å². The molecule has 1 fully saturated rings. The van der Waals surface area contributed by atoms with E-state index in [4.69, 9.17) is 0 Å². The predicted octanol–water partition coefficient (Wildman–Crippen LogP) is 2.88. The Kier molecular flexibility index (Phi) is 3.66. The van der Waals surface area contributed by atoms with Crippen LogP contribution in [0.4, 0.5) is 4.39 Å². The van der Waals surface area contributed by atoms with Gasteiger partial charge in [-0.25, -0.2) is 9.37 Å². The highest BCUT2D eigenvalue weighted by Crippen LogP contribution is 2.44. The predicted molar refractivity (Wildman–Crippen MR) is 89.1 cm³/mol. The number of benzene rings is 1. The number of imidazole rings is 1. The van der Waals surface area contributed by atoms with Crippen LogP contribution in [0.1, 0.15) is 42.8 Å². The fourth-order valence-electron chi connectivity index (χ4n) is 3.97. The Morgan fingerprint density at radius 2 is 2.08 bits per heavy atom. The number of nitrogens with zero attached hydrogens (tertiary/aromatic N) is 2. The van der Waals surface area contributed by atoms with Crippen LogP contribution in [0.25, 0.3) is 0 Å². The van der Waals surface area contributed by atoms with Gasteiger partial charge in [-0.1, -0.05) is 18.6 Å². The van der Waals surface area contributed by atoms with E-state index in [0.717, 1.165) is 55.7 Å². The van der Waals surface area contributed by atoms with Crippen LogP contribution >= 0.6 is 0 Å². The van der Waals surface area contributed by atoms with E-state index in [2.05, 4.69) is 14.9 Å². The van der Waals surface area contributed by atoms with Crippen LogP contribution < -0.4 is 5.32 Å². The normalized spacial score (nSPS) is 21.7. The van der Waals surface area contributed by atoms with Crippen LogP contribution in [0, 0.1) is 12.7 Å². The van der Waals surface area contributed by atoms with Crippen molar-refractivity contribution >= 4 is 5.91 Å². The standard InChI is InChI=1S/C19H22FN3O/c1-13-11-23-12-16(7-8-17(23)21-13)22-18(24)19(9-2-10-19)14-3-5-15(20)6-4-14/h3-6,11,16H,2,7-10,12H2,1H3,(H,22,24)/t16-/m0/s1. The maximum Gasteiger partial charge on any atom is 0.230 e. The minimum atomic E-state index is -0.473. The van der Waals surface area contributed by atoms with Crippen molar-refractivity contribution in [2.45, 2.75) is 57.0 Å². The molecule has 1 aromatic heterocycles. The van der Waals surface area contributed by atoms with Gasteiger partial charge in [-0.3, -0.25) is 4.79 Å². The fraction of sp³-hybridized carbons (Fsp3) is 0.474. The zero-order chi connectivity index (χ0) is 16.7. The van der Waals surface area contributed by atoms with Crippen molar-refractivity contribution in [2.75, 3.05) is 0 Å². The lowest BCUT2D eigenvalue weighted by molar-refractivity contribution is -0.130. The summed E-state index contributed by atoms with van der Waals surface area (Å²) in [6.07, 6.45) is 6.58. The Bertz CT molecular complexity index is 761. The first kappa shape index (κ1) is 15.4. The third kappa shape index (κ3) is 2.52. The van der Waals surface area contributed by atoms with Crippen molar-refractivity contribution in [2.24, 2.45) is 0 Å². The van der Waals surface area contributed by atoms with Crippen molar-refractivity contribution < 1.29 is 9.18 Å². The molecule has 0 radical (unpaired) electrons. The second-order valence-electron chi connectivity index (χ2n) is 7.10. The minimum Gasteiger partial charge on any atom is -0.351 e. The van der Waals surface area contributed by atoms with Gasteiger partial charge >= 0.3 is 0 Å². The average molecular weight is 327 g/mol. The summed E-state index contributed by atoms with van der Waals surface area (Å²) in [6, 6.07) is 6.54. The number of halogens is 1. The third-order valence-corrected chi connectivity index (χ3v) is 5.49. The topological polar surface area (TPSA) is 46.9 Å². The minimum absolute atomic E-state index is 0.0886. The molecule has 5 heteroatoms. The Labute approximate surface area is 141 Å². The number of fused-ring (bicyclic) bond motifs is 1. The van der Waals surface area contributed by atoms with Crippen LogP contribution in [0.5, 0.6) is 0 Å². The molecule has 2 aliphatic rings. The molecule has 2 heterocycles. The van der Waals surface area contributed by atoms with E-state index in [9.17, 15) is 9.18 Å². The van der Waals surface area contributed by atoms with E-state index < -0.39 is 5.41 Å². The molecule has 0 saturated heterocycles. The monoisotopic (exact) mass is 327 g/mol. The lowest BCUT2D eigenvalue weighted by atomic mass is 9.63. The van der Waals surface area contributed by atoms with E-state index in [0.29, 0.717) is 0 Å². The molecule has 4 nitrogen and oxygen atoms in total. The first-order chi connectivity index (χ1) is 11.6. The zero-order valence-corrected chi connectivity index (χ0v) is 13.9. The Morgan fingerprint density at radius 1 is 1.33 bits per heavy atom. The summed E-state index contributed by atoms with van der Waals surface area (Å²) in [5.74, 6) is 0.935. The number of carbonyl (C=O) groups excluding carboxylic acids is 1. The van der Waals surface area contributed by atoms with Gasteiger partial charge in [-0.2, -0.15) is 0 Å². The molecular formula is C19H22FN3O. The largest absolute Gasteiger partial charge is 0.351 e. The molecule has 1 saturated carbocycles. The average Bonchev–Trinajstić information content (AvgIpc) is 2.87. The number of aryl methyl sites for hydroxylation is 2. The van der Waals surface area contributed by atoms with Gasteiger partial charge in [0.1, 0.15) is 11.6 Å². The smallest absolute Gasteiger partial charge is 0.230 e. The Hall–Kier alpha value is -2.17. The number of hydrogen-bond acceptors (Lipinski definition) is 2. The number of amides is 1. The first-order valence-corrected chi connectivity index (χ1v) is 8.66. The van der Waals surface area contributed by atoms with Crippen molar-refractivity contribution in [1.29, 1.82) is 0 Å². The molecule has 4 rings (SSSR count). The Morgan fingerprint density at radius 3 is 2.75 bits per heavy atom. The summed E-state index contributed by atoms with van der Waals surface area (Å²) in [7, 11) is 0. The van der Waals surface area contributed by atoms with E-state index in [-0.39, 0.29) is 17.8 Å². The number of aromatic nitrogens is 2. The SMILES string of the molecule is Cc1cn2c(n1)CC[C@H](NC(=O)C1(c3ccc(F)cc3)CCC1)C2. The third-order valence-electron chi connectivity index (χ3n) is 5.49. The van der Waals surface area contributed by atoms with Gasteiger partial charge in [0.2, 0.25) is 5.91 Å².